The molecular weight excluding hydrogens is 354 g/mol. The monoisotopic (exact) mass is 373 g/mol. The highest BCUT2D eigenvalue weighted by atomic mass is 35.5. The number of aromatic nitrogens is 1. The highest BCUT2D eigenvalue weighted by molar-refractivity contribution is 7.16. The van der Waals surface area contributed by atoms with Gasteiger partial charge in [-0.25, -0.2) is 4.98 Å². The first-order valence-corrected chi connectivity index (χ1v) is 9.02. The first-order chi connectivity index (χ1) is 10.7. The average Bonchev–Trinajstić information content (AvgIpc) is 3.17. The topological polar surface area (TPSA) is 63.2 Å². The summed E-state index contributed by atoms with van der Waals surface area (Å²) in [7, 11) is 0. The summed E-state index contributed by atoms with van der Waals surface area (Å²) >= 11 is 3.40. The first-order valence-electron chi connectivity index (χ1n) is 7.32. The summed E-state index contributed by atoms with van der Waals surface area (Å²) in [4.78, 5) is 18.9. The van der Waals surface area contributed by atoms with Gasteiger partial charge in [0.15, 0.2) is 0 Å². The molecule has 1 unspecified atom stereocenters. The van der Waals surface area contributed by atoms with Gasteiger partial charge in [-0.3, -0.25) is 4.79 Å². The smallest absolute Gasteiger partial charge is 0.239 e. The Hall–Kier alpha value is -0.990. The van der Waals surface area contributed by atoms with E-state index in [2.05, 4.69) is 33.1 Å². The van der Waals surface area contributed by atoms with Crippen molar-refractivity contribution in [3.63, 3.8) is 0 Å². The van der Waals surface area contributed by atoms with E-state index in [-0.39, 0.29) is 24.4 Å². The number of aryl methyl sites for hydroxylation is 1. The number of hydrogen-bond donors (Lipinski definition) is 2. The lowest BCUT2D eigenvalue weighted by molar-refractivity contribution is -0.125. The Kier molecular flexibility index (Phi) is 6.98. The van der Waals surface area contributed by atoms with E-state index in [4.69, 9.17) is 4.74 Å². The van der Waals surface area contributed by atoms with Crippen LogP contribution in [0, 0.1) is 6.92 Å². The van der Waals surface area contributed by atoms with Crippen LogP contribution >= 0.6 is 35.1 Å². The van der Waals surface area contributed by atoms with Gasteiger partial charge in [0.2, 0.25) is 5.91 Å². The number of carbonyl (C=O) groups is 1. The number of hydrogen-bond acceptors (Lipinski definition) is 6. The molecule has 1 aliphatic rings. The van der Waals surface area contributed by atoms with Crippen molar-refractivity contribution >= 4 is 41.0 Å². The van der Waals surface area contributed by atoms with Crippen LogP contribution in [0.15, 0.2) is 17.5 Å². The lowest BCUT2D eigenvalue weighted by Gasteiger charge is -2.22. The zero-order valence-corrected chi connectivity index (χ0v) is 15.3. The van der Waals surface area contributed by atoms with Crippen LogP contribution in [0.25, 0.3) is 10.6 Å². The Balaban J connectivity index is 0.00000192. The number of rotatable bonds is 5. The Morgan fingerprint density at radius 1 is 1.52 bits per heavy atom. The molecule has 5 nitrogen and oxygen atoms in total. The number of nitrogens with zero attached hydrogens (tertiary/aromatic N) is 1. The minimum absolute atomic E-state index is 0. The highest BCUT2D eigenvalue weighted by Gasteiger charge is 2.20. The van der Waals surface area contributed by atoms with Gasteiger partial charge in [-0.1, -0.05) is 0 Å². The van der Waals surface area contributed by atoms with E-state index in [1.165, 1.54) is 9.75 Å². The Morgan fingerprint density at radius 3 is 3.09 bits per heavy atom. The minimum Gasteiger partial charge on any atom is -0.378 e. The Bertz CT molecular complexity index is 638. The van der Waals surface area contributed by atoms with Gasteiger partial charge in [-0.05, 0) is 25.5 Å². The molecule has 1 fully saturated rings. The second-order valence-electron chi connectivity index (χ2n) is 5.14. The summed E-state index contributed by atoms with van der Waals surface area (Å²) in [5, 5.41) is 9.29. The van der Waals surface area contributed by atoms with Crippen LogP contribution in [-0.2, 0) is 16.0 Å². The van der Waals surface area contributed by atoms with Gasteiger partial charge < -0.3 is 15.4 Å². The average molecular weight is 374 g/mol. The van der Waals surface area contributed by atoms with Crippen LogP contribution in [0.1, 0.15) is 9.88 Å². The maximum atomic E-state index is 12.0. The third-order valence-electron chi connectivity index (χ3n) is 3.44. The molecule has 126 valence electrons. The minimum atomic E-state index is -0.217. The summed E-state index contributed by atoms with van der Waals surface area (Å²) in [5.74, 6) is 0.0200. The van der Waals surface area contributed by atoms with Crippen molar-refractivity contribution in [2.45, 2.75) is 19.4 Å². The van der Waals surface area contributed by atoms with Gasteiger partial charge in [0.05, 0.1) is 28.8 Å². The standard InChI is InChI=1S/C15H19N3O2S2.ClH/c1-10-18-13(9-21-10)14-3-2-11(22-14)4-5-17-15(19)12-8-20-7-6-16-12;/h2-3,9,12,16H,4-8H2,1H3,(H,17,19);1H. The van der Waals surface area contributed by atoms with Gasteiger partial charge in [-0.2, -0.15) is 0 Å². The number of morpholine rings is 1. The molecule has 3 heterocycles. The van der Waals surface area contributed by atoms with Gasteiger partial charge in [0.1, 0.15) is 6.04 Å². The molecule has 2 N–H and O–H groups in total. The van der Waals surface area contributed by atoms with Crippen molar-refractivity contribution < 1.29 is 9.53 Å². The second-order valence-corrected chi connectivity index (χ2v) is 7.37. The molecule has 2 aromatic rings. The van der Waals surface area contributed by atoms with E-state index in [0.29, 0.717) is 19.8 Å². The summed E-state index contributed by atoms with van der Waals surface area (Å²) < 4.78 is 5.29. The number of thiazole rings is 1. The quantitative estimate of drug-likeness (QED) is 0.843. The number of halogens is 1. The largest absolute Gasteiger partial charge is 0.378 e. The zero-order valence-electron chi connectivity index (χ0n) is 12.8. The maximum absolute atomic E-state index is 12.0. The van der Waals surface area contributed by atoms with Crippen molar-refractivity contribution in [1.29, 1.82) is 0 Å². The van der Waals surface area contributed by atoms with E-state index >= 15 is 0 Å². The summed E-state index contributed by atoms with van der Waals surface area (Å²) in [5.41, 5.74) is 1.05. The molecule has 1 atom stereocenters. The summed E-state index contributed by atoms with van der Waals surface area (Å²) in [6, 6.07) is 4.00. The SMILES string of the molecule is Cc1nc(-c2ccc(CCNC(=O)C3COCCN3)s2)cs1.Cl. The van der Waals surface area contributed by atoms with E-state index in [9.17, 15) is 4.79 Å². The Labute approximate surface area is 149 Å². The molecule has 0 bridgehead atoms. The van der Waals surface area contributed by atoms with E-state index < -0.39 is 0 Å². The van der Waals surface area contributed by atoms with E-state index in [1.807, 2.05) is 6.92 Å². The van der Waals surface area contributed by atoms with Crippen LogP contribution < -0.4 is 10.6 Å². The predicted molar refractivity (Wildman–Crippen MR) is 96.7 cm³/mol. The highest BCUT2D eigenvalue weighted by Crippen LogP contribution is 2.29. The van der Waals surface area contributed by atoms with Crippen LogP contribution in [-0.4, -0.2) is 43.2 Å². The van der Waals surface area contributed by atoms with Crippen molar-refractivity contribution in [2.75, 3.05) is 26.3 Å². The molecule has 0 radical (unpaired) electrons. The predicted octanol–water partition coefficient (Wildman–Crippen LogP) is 2.25. The molecule has 0 saturated carbocycles. The number of thiophene rings is 1. The molecular formula is C15H20ClN3O2S2. The van der Waals surface area contributed by atoms with Crippen molar-refractivity contribution in [2.24, 2.45) is 0 Å². The molecule has 0 aliphatic carbocycles. The van der Waals surface area contributed by atoms with Gasteiger partial charge in [-0.15, -0.1) is 35.1 Å². The molecule has 1 aliphatic heterocycles. The second kappa shape index (κ2) is 8.75. The van der Waals surface area contributed by atoms with Crippen molar-refractivity contribution in [3.05, 3.63) is 27.4 Å². The molecule has 3 rings (SSSR count). The number of carbonyl (C=O) groups excluding carboxylic acids is 1. The number of nitrogens with one attached hydrogen (secondary N) is 2. The van der Waals surface area contributed by atoms with Crippen molar-refractivity contribution in [1.82, 2.24) is 15.6 Å². The van der Waals surface area contributed by atoms with E-state index in [1.54, 1.807) is 22.7 Å². The molecule has 23 heavy (non-hydrogen) atoms. The van der Waals surface area contributed by atoms with Crippen LogP contribution in [0.2, 0.25) is 0 Å². The van der Waals surface area contributed by atoms with Crippen LogP contribution in [0.5, 0.6) is 0 Å². The molecule has 2 aromatic heterocycles. The third-order valence-corrected chi connectivity index (χ3v) is 5.38. The molecule has 0 spiro atoms. The molecule has 8 heteroatoms. The summed E-state index contributed by atoms with van der Waals surface area (Å²) in [6.45, 7) is 4.53. The lowest BCUT2D eigenvalue weighted by atomic mass is 10.2. The molecule has 0 aromatic carbocycles. The summed E-state index contributed by atoms with van der Waals surface area (Å²) in [6.07, 6.45) is 0.840. The zero-order chi connectivity index (χ0) is 15.4. The maximum Gasteiger partial charge on any atom is 0.239 e. The van der Waals surface area contributed by atoms with Gasteiger partial charge in [0, 0.05) is 23.3 Å². The fraction of sp³-hybridized carbons (Fsp3) is 0.467. The number of ether oxygens (including phenoxy) is 1. The van der Waals surface area contributed by atoms with Gasteiger partial charge in [0.25, 0.3) is 0 Å². The molecule has 1 amide bonds. The van der Waals surface area contributed by atoms with E-state index in [0.717, 1.165) is 23.7 Å². The molecule has 1 saturated heterocycles. The third kappa shape index (κ3) is 4.99. The van der Waals surface area contributed by atoms with Gasteiger partial charge >= 0.3 is 0 Å². The Morgan fingerprint density at radius 2 is 2.39 bits per heavy atom. The normalized spacial score (nSPS) is 17.5. The fourth-order valence-electron chi connectivity index (χ4n) is 2.29. The van der Waals surface area contributed by atoms with Crippen LogP contribution in [0.4, 0.5) is 0 Å². The lowest BCUT2D eigenvalue weighted by Crippen LogP contribution is -2.51. The fourth-order valence-corrected chi connectivity index (χ4v) is 3.95. The van der Waals surface area contributed by atoms with Crippen LogP contribution in [0.3, 0.4) is 0 Å². The first kappa shape index (κ1) is 18.4. The number of amides is 1. The van der Waals surface area contributed by atoms with Crippen molar-refractivity contribution in [3.8, 4) is 10.6 Å².